The summed E-state index contributed by atoms with van der Waals surface area (Å²) in [7, 11) is 0. The number of nitrogens with zero attached hydrogens (tertiary/aromatic N) is 4. The molecule has 0 spiro atoms. The van der Waals surface area contributed by atoms with Crippen LogP contribution in [0.2, 0.25) is 0 Å². The molecular weight excluding hydrogens is 324 g/mol. The molecule has 5 aromatic rings. The number of pyridine rings is 2. The molecule has 0 saturated heterocycles. The lowest BCUT2D eigenvalue weighted by molar-refractivity contribution is 1.18. The average molecular weight is 338 g/mol. The Morgan fingerprint density at radius 1 is 0.885 bits per heavy atom. The normalized spacial score (nSPS) is 11.1. The highest BCUT2D eigenvalue weighted by Gasteiger charge is 2.10. The maximum absolute atomic E-state index is 4.74. The van der Waals surface area contributed by atoms with Crippen LogP contribution in [0.25, 0.3) is 33.3 Å². The van der Waals surface area contributed by atoms with Crippen molar-refractivity contribution in [3.05, 3.63) is 73.3 Å². The Bertz CT molecular complexity index is 1210. The van der Waals surface area contributed by atoms with Gasteiger partial charge in [0.25, 0.3) is 0 Å². The molecule has 0 fully saturated rings. The summed E-state index contributed by atoms with van der Waals surface area (Å²) in [5, 5.41) is 5.43. The maximum atomic E-state index is 4.74. The fourth-order valence-electron chi connectivity index (χ4n) is 2.96. The van der Waals surface area contributed by atoms with Crippen LogP contribution in [0.5, 0.6) is 0 Å². The Labute approximate surface area is 149 Å². The summed E-state index contributed by atoms with van der Waals surface area (Å²) >= 11 is 0. The van der Waals surface area contributed by atoms with Gasteiger partial charge < -0.3 is 10.3 Å². The zero-order valence-electron chi connectivity index (χ0n) is 13.7. The number of rotatable bonds is 3. The van der Waals surface area contributed by atoms with Crippen LogP contribution in [0, 0.1) is 0 Å². The maximum Gasteiger partial charge on any atom is 0.165 e. The van der Waals surface area contributed by atoms with Gasteiger partial charge in [-0.1, -0.05) is 0 Å². The molecule has 0 aliphatic carbocycles. The Kier molecular flexibility index (Phi) is 3.31. The van der Waals surface area contributed by atoms with Gasteiger partial charge in [0.05, 0.1) is 5.39 Å². The van der Waals surface area contributed by atoms with Gasteiger partial charge in [-0.3, -0.25) is 4.98 Å². The van der Waals surface area contributed by atoms with Gasteiger partial charge in [-0.25, -0.2) is 15.0 Å². The van der Waals surface area contributed by atoms with Gasteiger partial charge in [-0.05, 0) is 48.5 Å². The van der Waals surface area contributed by atoms with Crippen LogP contribution >= 0.6 is 0 Å². The zero-order chi connectivity index (χ0) is 17.3. The molecule has 0 saturated carbocycles. The third kappa shape index (κ3) is 2.53. The summed E-state index contributed by atoms with van der Waals surface area (Å²) in [6, 6.07) is 15.8. The van der Waals surface area contributed by atoms with Gasteiger partial charge in [0, 0.05) is 46.9 Å². The molecule has 0 atom stereocenters. The van der Waals surface area contributed by atoms with E-state index in [-0.39, 0.29) is 0 Å². The smallest absolute Gasteiger partial charge is 0.165 e. The van der Waals surface area contributed by atoms with Crippen molar-refractivity contribution in [1.29, 1.82) is 0 Å². The molecule has 5 rings (SSSR count). The molecular formula is C20H14N6. The van der Waals surface area contributed by atoms with E-state index in [1.165, 1.54) is 0 Å². The van der Waals surface area contributed by atoms with E-state index in [9.17, 15) is 0 Å². The predicted octanol–water partition coefficient (Wildman–Crippen LogP) is 4.31. The van der Waals surface area contributed by atoms with Crippen LogP contribution in [0.3, 0.4) is 0 Å². The number of fused-ring (bicyclic) bond motifs is 2. The first-order valence-electron chi connectivity index (χ1n) is 8.24. The first-order chi connectivity index (χ1) is 12.9. The third-order valence-electron chi connectivity index (χ3n) is 4.23. The van der Waals surface area contributed by atoms with E-state index in [1.807, 2.05) is 48.7 Å². The van der Waals surface area contributed by atoms with Crippen LogP contribution < -0.4 is 5.32 Å². The number of aromatic nitrogens is 5. The van der Waals surface area contributed by atoms with Crippen molar-refractivity contribution in [2.75, 3.05) is 5.32 Å². The van der Waals surface area contributed by atoms with Crippen LogP contribution in [-0.4, -0.2) is 24.9 Å². The minimum absolute atomic E-state index is 0.615. The predicted molar refractivity (Wildman–Crippen MR) is 102 cm³/mol. The standard InChI is InChI=1S/C20H14N6/c1-2-16-19(23-8-1)25-18(13-5-9-21-10-6-13)26-20(16)24-15-3-4-17-14(12-15)7-11-22-17/h1-12,22H,(H,23,24,25,26). The first-order valence-corrected chi connectivity index (χ1v) is 8.24. The number of benzene rings is 1. The molecule has 124 valence electrons. The number of anilines is 2. The first kappa shape index (κ1) is 14.5. The lowest BCUT2D eigenvalue weighted by Gasteiger charge is -2.10. The molecule has 4 heterocycles. The van der Waals surface area contributed by atoms with Crippen LogP contribution in [0.1, 0.15) is 0 Å². The van der Waals surface area contributed by atoms with E-state index < -0.39 is 0 Å². The number of aromatic amines is 1. The second-order valence-corrected chi connectivity index (χ2v) is 5.91. The van der Waals surface area contributed by atoms with Gasteiger partial charge in [0.15, 0.2) is 11.5 Å². The second-order valence-electron chi connectivity index (χ2n) is 5.91. The van der Waals surface area contributed by atoms with Crippen LogP contribution in [0.4, 0.5) is 11.5 Å². The number of hydrogen-bond acceptors (Lipinski definition) is 5. The summed E-state index contributed by atoms with van der Waals surface area (Å²) in [6.07, 6.45) is 7.13. The molecule has 4 aromatic heterocycles. The average Bonchev–Trinajstić information content (AvgIpc) is 3.16. The van der Waals surface area contributed by atoms with E-state index in [4.69, 9.17) is 4.98 Å². The Morgan fingerprint density at radius 3 is 2.73 bits per heavy atom. The van der Waals surface area contributed by atoms with Crippen LogP contribution in [0.15, 0.2) is 73.3 Å². The Balaban J connectivity index is 1.65. The summed E-state index contributed by atoms with van der Waals surface area (Å²) in [4.78, 5) is 21.0. The summed E-state index contributed by atoms with van der Waals surface area (Å²) < 4.78 is 0. The summed E-state index contributed by atoms with van der Waals surface area (Å²) in [6.45, 7) is 0. The molecule has 2 N–H and O–H groups in total. The Morgan fingerprint density at radius 2 is 1.81 bits per heavy atom. The Hall–Kier alpha value is -3.80. The fraction of sp³-hybridized carbons (Fsp3) is 0. The molecule has 0 radical (unpaired) electrons. The monoisotopic (exact) mass is 338 g/mol. The van der Waals surface area contributed by atoms with E-state index in [2.05, 4.69) is 31.3 Å². The van der Waals surface area contributed by atoms with E-state index in [1.54, 1.807) is 18.6 Å². The quantitative estimate of drug-likeness (QED) is 0.512. The van der Waals surface area contributed by atoms with Crippen molar-refractivity contribution < 1.29 is 0 Å². The molecule has 0 aliphatic rings. The largest absolute Gasteiger partial charge is 0.361 e. The molecule has 0 unspecified atom stereocenters. The fourth-order valence-corrected chi connectivity index (χ4v) is 2.96. The number of hydrogen-bond donors (Lipinski definition) is 2. The van der Waals surface area contributed by atoms with Gasteiger partial charge in [0.1, 0.15) is 5.82 Å². The molecule has 1 aromatic carbocycles. The van der Waals surface area contributed by atoms with Gasteiger partial charge in [-0.2, -0.15) is 0 Å². The number of nitrogens with one attached hydrogen (secondary N) is 2. The molecule has 0 amide bonds. The second kappa shape index (κ2) is 5.93. The van der Waals surface area contributed by atoms with E-state index >= 15 is 0 Å². The van der Waals surface area contributed by atoms with Crippen molar-refractivity contribution in [2.24, 2.45) is 0 Å². The number of H-pyrrole nitrogens is 1. The minimum Gasteiger partial charge on any atom is -0.361 e. The highest BCUT2D eigenvalue weighted by atomic mass is 15.1. The summed E-state index contributed by atoms with van der Waals surface area (Å²) in [5.74, 6) is 1.34. The topological polar surface area (TPSA) is 79.4 Å². The minimum atomic E-state index is 0.615. The van der Waals surface area contributed by atoms with Gasteiger partial charge in [0.2, 0.25) is 0 Å². The highest BCUT2D eigenvalue weighted by Crippen LogP contribution is 2.27. The lowest BCUT2D eigenvalue weighted by atomic mass is 10.2. The van der Waals surface area contributed by atoms with Crippen molar-refractivity contribution in [3.8, 4) is 11.4 Å². The molecule has 0 bridgehead atoms. The zero-order valence-corrected chi connectivity index (χ0v) is 13.7. The summed E-state index contributed by atoms with van der Waals surface area (Å²) in [5.41, 5.74) is 3.61. The van der Waals surface area contributed by atoms with E-state index in [0.717, 1.165) is 33.4 Å². The van der Waals surface area contributed by atoms with Gasteiger partial charge >= 0.3 is 0 Å². The SMILES string of the molecule is c1cnc2nc(-c3ccncc3)nc(Nc3ccc4[nH]ccc4c3)c2c1. The molecule has 6 heteroatoms. The molecule has 0 aliphatic heterocycles. The van der Waals surface area contributed by atoms with Crippen molar-refractivity contribution in [1.82, 2.24) is 24.9 Å². The van der Waals surface area contributed by atoms with Crippen molar-refractivity contribution in [3.63, 3.8) is 0 Å². The highest BCUT2D eigenvalue weighted by molar-refractivity contribution is 5.91. The van der Waals surface area contributed by atoms with Crippen molar-refractivity contribution >= 4 is 33.4 Å². The third-order valence-corrected chi connectivity index (χ3v) is 4.23. The van der Waals surface area contributed by atoms with E-state index in [0.29, 0.717) is 11.5 Å². The van der Waals surface area contributed by atoms with Crippen LogP contribution in [-0.2, 0) is 0 Å². The van der Waals surface area contributed by atoms with Gasteiger partial charge in [-0.15, -0.1) is 0 Å². The van der Waals surface area contributed by atoms with Crippen molar-refractivity contribution in [2.45, 2.75) is 0 Å². The molecule has 6 nitrogen and oxygen atoms in total. The molecule has 26 heavy (non-hydrogen) atoms. The lowest BCUT2D eigenvalue weighted by Crippen LogP contribution is -2.00.